The predicted octanol–water partition coefficient (Wildman–Crippen LogP) is 3.41. The molecule has 4 rings (SSSR count). The fraction of sp³-hybridized carbons (Fsp3) is 0.353. The van der Waals surface area contributed by atoms with Gasteiger partial charge in [0.25, 0.3) is 0 Å². The third kappa shape index (κ3) is 2.43. The number of Topliss-reactive ketones (excluding diaryl/α,β-unsaturated/α-hetero) is 1. The van der Waals surface area contributed by atoms with Gasteiger partial charge in [0.05, 0.1) is 0 Å². The van der Waals surface area contributed by atoms with Crippen LogP contribution in [0.5, 0.6) is 0 Å². The lowest BCUT2D eigenvalue weighted by Gasteiger charge is -2.34. The summed E-state index contributed by atoms with van der Waals surface area (Å²) < 4.78 is 15.5. The van der Waals surface area contributed by atoms with Crippen molar-refractivity contribution in [1.82, 2.24) is 14.8 Å². The Morgan fingerprint density at radius 3 is 2.96 bits per heavy atom. The van der Waals surface area contributed by atoms with Crippen molar-refractivity contribution in [2.45, 2.75) is 31.0 Å². The van der Waals surface area contributed by atoms with E-state index >= 15 is 0 Å². The Labute approximate surface area is 143 Å². The summed E-state index contributed by atoms with van der Waals surface area (Å²) in [5.41, 5.74) is 2.29. The molecule has 0 saturated carbocycles. The van der Waals surface area contributed by atoms with E-state index in [0.717, 1.165) is 12.1 Å². The van der Waals surface area contributed by atoms with Gasteiger partial charge in [-0.05, 0) is 36.3 Å². The minimum Gasteiger partial charge on any atom is -0.328 e. The predicted molar refractivity (Wildman–Crippen MR) is 90.4 cm³/mol. The van der Waals surface area contributed by atoms with Crippen LogP contribution in [0.2, 0.25) is 0 Å². The second-order valence-corrected chi connectivity index (χ2v) is 7.05. The van der Waals surface area contributed by atoms with Crippen LogP contribution in [0, 0.1) is 11.7 Å². The normalized spacial score (nSPS) is 22.9. The molecule has 124 valence electrons. The molecule has 0 fully saturated rings. The molecule has 2 aromatic rings. The number of rotatable bonds is 2. The second-order valence-electron chi connectivity index (χ2n) is 6.28. The summed E-state index contributed by atoms with van der Waals surface area (Å²) in [6.07, 6.45) is 3.19. The number of ketones is 1. The van der Waals surface area contributed by atoms with Gasteiger partial charge in [0.2, 0.25) is 11.1 Å². The van der Waals surface area contributed by atoms with E-state index in [1.54, 1.807) is 10.7 Å². The number of carbonyl (C=O) groups is 1. The van der Waals surface area contributed by atoms with E-state index in [2.05, 4.69) is 22.3 Å². The Balaban J connectivity index is 1.92. The zero-order valence-corrected chi connectivity index (χ0v) is 14.2. The van der Waals surface area contributed by atoms with Crippen molar-refractivity contribution in [3.8, 4) is 0 Å². The smallest absolute Gasteiger partial charge is 0.227 e. The number of aromatic nitrogens is 3. The molecule has 24 heavy (non-hydrogen) atoms. The molecule has 1 N–H and O–H groups in total. The van der Waals surface area contributed by atoms with E-state index in [9.17, 15) is 9.18 Å². The lowest BCUT2D eigenvalue weighted by atomic mass is 9.81. The molecule has 1 aliphatic carbocycles. The van der Waals surface area contributed by atoms with Gasteiger partial charge < -0.3 is 5.32 Å². The van der Waals surface area contributed by atoms with E-state index in [-0.39, 0.29) is 17.5 Å². The second kappa shape index (κ2) is 5.73. The summed E-state index contributed by atoms with van der Waals surface area (Å²) in [4.78, 5) is 17.2. The van der Waals surface area contributed by atoms with Crippen molar-refractivity contribution < 1.29 is 9.18 Å². The number of allylic oxidation sites excluding steroid dienone is 2. The van der Waals surface area contributed by atoms with Crippen molar-refractivity contribution in [1.29, 1.82) is 0 Å². The molecule has 2 unspecified atom stereocenters. The zero-order valence-electron chi connectivity index (χ0n) is 13.4. The highest BCUT2D eigenvalue weighted by Crippen LogP contribution is 2.41. The van der Waals surface area contributed by atoms with Crippen molar-refractivity contribution in [2.24, 2.45) is 5.92 Å². The molecule has 2 aliphatic rings. The molecule has 0 saturated heterocycles. The number of fused-ring (bicyclic) bond motifs is 1. The summed E-state index contributed by atoms with van der Waals surface area (Å²) >= 11 is 1.44. The first-order chi connectivity index (χ1) is 11.6. The van der Waals surface area contributed by atoms with Crippen LogP contribution >= 0.6 is 11.8 Å². The van der Waals surface area contributed by atoms with Crippen LogP contribution in [-0.4, -0.2) is 26.8 Å². The summed E-state index contributed by atoms with van der Waals surface area (Å²) in [6, 6.07) is 5.94. The maximum absolute atomic E-state index is 13.8. The Kier molecular flexibility index (Phi) is 3.68. The van der Waals surface area contributed by atoms with E-state index in [1.807, 2.05) is 12.3 Å². The average molecular weight is 344 g/mol. The van der Waals surface area contributed by atoms with Crippen LogP contribution in [0.25, 0.3) is 0 Å². The summed E-state index contributed by atoms with van der Waals surface area (Å²) in [5, 5.41) is 8.39. The SMILES string of the molecule is CSc1nc2n(n1)C(c1cccc(F)c1)C1=C(CC(C)CC1=O)N2. The highest BCUT2D eigenvalue weighted by molar-refractivity contribution is 7.98. The number of hydrogen-bond donors (Lipinski definition) is 1. The van der Waals surface area contributed by atoms with Crippen LogP contribution in [0.4, 0.5) is 10.3 Å². The quantitative estimate of drug-likeness (QED) is 0.846. The molecule has 7 heteroatoms. The highest BCUT2D eigenvalue weighted by atomic mass is 32.2. The highest BCUT2D eigenvalue weighted by Gasteiger charge is 2.38. The Morgan fingerprint density at radius 1 is 1.38 bits per heavy atom. The van der Waals surface area contributed by atoms with E-state index in [1.165, 1.54) is 23.9 Å². The molecule has 0 spiro atoms. The fourth-order valence-electron chi connectivity index (χ4n) is 3.46. The minimum absolute atomic E-state index is 0.0948. The fourth-order valence-corrected chi connectivity index (χ4v) is 3.81. The molecule has 0 radical (unpaired) electrons. The van der Waals surface area contributed by atoms with E-state index in [0.29, 0.717) is 28.7 Å². The molecule has 2 heterocycles. The molecule has 1 aliphatic heterocycles. The van der Waals surface area contributed by atoms with Gasteiger partial charge in [0.15, 0.2) is 5.78 Å². The molecule has 2 atom stereocenters. The minimum atomic E-state index is -0.430. The summed E-state index contributed by atoms with van der Waals surface area (Å²) in [6.45, 7) is 2.06. The number of thioether (sulfide) groups is 1. The number of nitrogens with one attached hydrogen (secondary N) is 1. The number of carbonyl (C=O) groups excluding carboxylic acids is 1. The van der Waals surface area contributed by atoms with Crippen LogP contribution in [0.15, 0.2) is 40.7 Å². The average Bonchev–Trinajstić information content (AvgIpc) is 2.95. The molecular formula is C17H17FN4OS. The van der Waals surface area contributed by atoms with Crippen molar-refractivity contribution in [3.05, 3.63) is 46.9 Å². The van der Waals surface area contributed by atoms with Gasteiger partial charge in [0.1, 0.15) is 11.9 Å². The number of nitrogens with zero attached hydrogens (tertiary/aromatic N) is 3. The monoisotopic (exact) mass is 344 g/mol. The van der Waals surface area contributed by atoms with Crippen LogP contribution in [0.3, 0.4) is 0 Å². The Hall–Kier alpha value is -2.15. The van der Waals surface area contributed by atoms with Gasteiger partial charge in [-0.2, -0.15) is 4.98 Å². The third-order valence-corrected chi connectivity index (χ3v) is 4.99. The Bertz CT molecular complexity index is 860. The molecular weight excluding hydrogens is 327 g/mol. The van der Waals surface area contributed by atoms with Gasteiger partial charge in [-0.1, -0.05) is 30.8 Å². The standard InChI is InChI=1S/C17H17FN4OS/c1-9-6-12-14(13(23)7-9)15(10-4-3-5-11(18)8-10)22-16(19-12)20-17(21-22)24-2/h3-5,8-9,15H,6-7H2,1-2H3,(H,19,20,21). The number of halogens is 1. The lowest BCUT2D eigenvalue weighted by Crippen LogP contribution is -2.33. The number of anilines is 1. The van der Waals surface area contributed by atoms with Crippen LogP contribution < -0.4 is 5.32 Å². The summed E-state index contributed by atoms with van der Waals surface area (Å²) in [5.74, 6) is 0.662. The first-order valence-electron chi connectivity index (χ1n) is 7.86. The van der Waals surface area contributed by atoms with Crippen LogP contribution in [-0.2, 0) is 4.79 Å². The van der Waals surface area contributed by atoms with E-state index < -0.39 is 6.04 Å². The number of benzene rings is 1. The third-order valence-electron chi connectivity index (χ3n) is 4.45. The molecule has 1 aromatic carbocycles. The largest absolute Gasteiger partial charge is 0.328 e. The van der Waals surface area contributed by atoms with Crippen molar-refractivity contribution >= 4 is 23.5 Å². The van der Waals surface area contributed by atoms with Crippen molar-refractivity contribution in [2.75, 3.05) is 11.6 Å². The van der Waals surface area contributed by atoms with E-state index in [4.69, 9.17) is 0 Å². The molecule has 1 aromatic heterocycles. The van der Waals surface area contributed by atoms with Gasteiger partial charge in [-0.15, -0.1) is 5.10 Å². The maximum Gasteiger partial charge on any atom is 0.227 e. The maximum atomic E-state index is 13.8. The van der Waals surface area contributed by atoms with Crippen LogP contribution in [0.1, 0.15) is 31.4 Å². The van der Waals surface area contributed by atoms with Gasteiger partial charge in [-0.3, -0.25) is 4.79 Å². The topological polar surface area (TPSA) is 59.8 Å². The van der Waals surface area contributed by atoms with Gasteiger partial charge >= 0.3 is 0 Å². The number of hydrogen-bond acceptors (Lipinski definition) is 5. The van der Waals surface area contributed by atoms with Crippen molar-refractivity contribution in [3.63, 3.8) is 0 Å². The first kappa shape index (κ1) is 15.4. The lowest BCUT2D eigenvalue weighted by molar-refractivity contribution is -0.117. The molecule has 0 amide bonds. The molecule has 0 bridgehead atoms. The zero-order chi connectivity index (χ0) is 16.8. The first-order valence-corrected chi connectivity index (χ1v) is 9.08. The van der Waals surface area contributed by atoms with Gasteiger partial charge in [-0.25, -0.2) is 9.07 Å². The Morgan fingerprint density at radius 2 is 2.21 bits per heavy atom. The summed E-state index contributed by atoms with van der Waals surface area (Å²) in [7, 11) is 0. The molecule has 5 nitrogen and oxygen atoms in total. The van der Waals surface area contributed by atoms with Gasteiger partial charge in [0, 0.05) is 17.7 Å².